The molecule has 0 radical (unpaired) electrons. The number of unbranched alkanes of at least 4 members (excludes halogenated alkanes) is 1. The van der Waals surface area contributed by atoms with Crippen LogP contribution in [0.3, 0.4) is 0 Å². The molecule has 0 atom stereocenters. The second kappa shape index (κ2) is 6.85. The van der Waals surface area contributed by atoms with Crippen LogP contribution in [-0.2, 0) is 0 Å². The van der Waals surface area contributed by atoms with Crippen LogP contribution in [0.2, 0.25) is 0 Å². The highest BCUT2D eigenvalue weighted by Crippen LogP contribution is 2.27. The minimum atomic E-state index is 0.711. The predicted octanol–water partition coefficient (Wildman–Crippen LogP) is 3.49. The van der Waals surface area contributed by atoms with Crippen molar-refractivity contribution < 1.29 is 4.74 Å². The third kappa shape index (κ3) is 3.14. The van der Waals surface area contributed by atoms with E-state index in [-0.39, 0.29) is 0 Å². The van der Waals surface area contributed by atoms with E-state index in [0.29, 0.717) is 6.61 Å². The van der Waals surface area contributed by atoms with E-state index in [1.807, 2.05) is 18.2 Å². The standard InChI is InChI=1S/C17H18N4O/c1-2-3-10-22-17-9-8-14-6-4-5-7-15(14)16(17)11-20-21-12-18-19-13-21/h4-9,11-13H,2-3,10H2,1H3/b20-11-. The first kappa shape index (κ1) is 14.3. The summed E-state index contributed by atoms with van der Waals surface area (Å²) in [7, 11) is 0. The van der Waals surface area contributed by atoms with Gasteiger partial charge in [0.05, 0.1) is 12.8 Å². The highest BCUT2D eigenvalue weighted by molar-refractivity contribution is 6.02. The lowest BCUT2D eigenvalue weighted by Gasteiger charge is -2.11. The first-order chi connectivity index (χ1) is 10.9. The lowest BCUT2D eigenvalue weighted by atomic mass is 10.0. The van der Waals surface area contributed by atoms with Crippen LogP contribution in [0.1, 0.15) is 25.3 Å². The van der Waals surface area contributed by atoms with Crippen LogP contribution >= 0.6 is 0 Å². The van der Waals surface area contributed by atoms with Crippen LogP contribution in [0.25, 0.3) is 10.8 Å². The molecule has 0 saturated carbocycles. The van der Waals surface area contributed by atoms with Gasteiger partial charge in [0.2, 0.25) is 0 Å². The lowest BCUT2D eigenvalue weighted by Crippen LogP contribution is -2.01. The molecule has 112 valence electrons. The van der Waals surface area contributed by atoms with E-state index < -0.39 is 0 Å². The molecule has 2 aromatic carbocycles. The summed E-state index contributed by atoms with van der Waals surface area (Å²) in [5, 5.41) is 14.1. The van der Waals surface area contributed by atoms with Gasteiger partial charge in [-0.05, 0) is 23.3 Å². The van der Waals surface area contributed by atoms with E-state index in [2.05, 4.69) is 40.4 Å². The van der Waals surface area contributed by atoms with Crippen molar-refractivity contribution in [3.8, 4) is 5.75 Å². The van der Waals surface area contributed by atoms with Crippen molar-refractivity contribution in [1.82, 2.24) is 14.9 Å². The second-order valence-corrected chi connectivity index (χ2v) is 4.99. The molecule has 1 heterocycles. The Morgan fingerprint density at radius 3 is 2.77 bits per heavy atom. The fourth-order valence-electron chi connectivity index (χ4n) is 2.24. The smallest absolute Gasteiger partial charge is 0.141 e. The van der Waals surface area contributed by atoms with Crippen LogP contribution in [0.5, 0.6) is 5.75 Å². The van der Waals surface area contributed by atoms with Crippen molar-refractivity contribution >= 4 is 17.0 Å². The van der Waals surface area contributed by atoms with E-state index in [4.69, 9.17) is 4.74 Å². The van der Waals surface area contributed by atoms with Crippen molar-refractivity contribution in [2.75, 3.05) is 6.61 Å². The molecule has 0 aliphatic heterocycles. The third-order valence-electron chi connectivity index (χ3n) is 3.41. The Hall–Kier alpha value is -2.69. The molecule has 5 nitrogen and oxygen atoms in total. The molecule has 0 unspecified atom stereocenters. The zero-order valence-corrected chi connectivity index (χ0v) is 12.5. The summed E-state index contributed by atoms with van der Waals surface area (Å²) in [4.78, 5) is 0. The van der Waals surface area contributed by atoms with E-state index >= 15 is 0 Å². The van der Waals surface area contributed by atoms with Gasteiger partial charge in [0.1, 0.15) is 18.4 Å². The molecule has 22 heavy (non-hydrogen) atoms. The number of hydrogen-bond donors (Lipinski definition) is 0. The number of nitrogens with zero attached hydrogens (tertiary/aromatic N) is 4. The van der Waals surface area contributed by atoms with Gasteiger partial charge >= 0.3 is 0 Å². The third-order valence-corrected chi connectivity index (χ3v) is 3.41. The maximum absolute atomic E-state index is 5.92. The molecule has 0 spiro atoms. The van der Waals surface area contributed by atoms with E-state index in [0.717, 1.165) is 34.9 Å². The summed E-state index contributed by atoms with van der Waals surface area (Å²) < 4.78 is 7.49. The Morgan fingerprint density at radius 1 is 1.14 bits per heavy atom. The molecule has 0 N–H and O–H groups in total. The SMILES string of the molecule is CCCCOc1ccc2ccccc2c1/C=N\n1cnnc1. The summed E-state index contributed by atoms with van der Waals surface area (Å²) in [5.74, 6) is 0.851. The summed E-state index contributed by atoms with van der Waals surface area (Å²) in [5.41, 5.74) is 0.975. The second-order valence-electron chi connectivity index (χ2n) is 4.99. The van der Waals surface area contributed by atoms with Crippen LogP contribution in [-0.4, -0.2) is 27.7 Å². The molecule has 5 heteroatoms. The molecular formula is C17H18N4O. The van der Waals surface area contributed by atoms with Gasteiger partial charge in [-0.2, -0.15) is 5.10 Å². The Kier molecular flexibility index (Phi) is 4.44. The van der Waals surface area contributed by atoms with Gasteiger partial charge in [-0.3, -0.25) is 0 Å². The maximum Gasteiger partial charge on any atom is 0.141 e. The van der Waals surface area contributed by atoms with Gasteiger partial charge < -0.3 is 4.74 Å². The van der Waals surface area contributed by atoms with Crippen LogP contribution < -0.4 is 4.74 Å². The molecule has 0 bridgehead atoms. The molecular weight excluding hydrogens is 276 g/mol. The Balaban J connectivity index is 2.00. The Bertz CT molecular complexity index is 765. The largest absolute Gasteiger partial charge is 0.493 e. The number of fused-ring (bicyclic) bond motifs is 1. The first-order valence-corrected chi connectivity index (χ1v) is 7.42. The van der Waals surface area contributed by atoms with Crippen LogP contribution in [0.15, 0.2) is 54.2 Å². The molecule has 1 aromatic heterocycles. The van der Waals surface area contributed by atoms with Crippen molar-refractivity contribution in [2.45, 2.75) is 19.8 Å². The lowest BCUT2D eigenvalue weighted by molar-refractivity contribution is 0.309. The van der Waals surface area contributed by atoms with Gasteiger partial charge in [0.25, 0.3) is 0 Å². The minimum absolute atomic E-state index is 0.711. The summed E-state index contributed by atoms with van der Waals surface area (Å²) in [6.45, 7) is 2.86. The van der Waals surface area contributed by atoms with Crippen LogP contribution in [0, 0.1) is 0 Å². The monoisotopic (exact) mass is 294 g/mol. The normalized spacial score (nSPS) is 11.3. The maximum atomic E-state index is 5.92. The number of rotatable bonds is 6. The highest BCUT2D eigenvalue weighted by Gasteiger charge is 2.07. The number of aromatic nitrogens is 3. The predicted molar refractivity (Wildman–Crippen MR) is 87.4 cm³/mol. The number of benzene rings is 2. The van der Waals surface area contributed by atoms with Gasteiger partial charge in [0, 0.05) is 5.56 Å². The van der Waals surface area contributed by atoms with Gasteiger partial charge in [-0.25, -0.2) is 4.68 Å². The molecule has 0 aliphatic carbocycles. The number of hydrogen-bond acceptors (Lipinski definition) is 4. The molecule has 3 rings (SSSR count). The highest BCUT2D eigenvalue weighted by atomic mass is 16.5. The van der Waals surface area contributed by atoms with Gasteiger partial charge in [0.15, 0.2) is 0 Å². The van der Waals surface area contributed by atoms with E-state index in [1.165, 1.54) is 0 Å². The number of ether oxygens (including phenoxy) is 1. The average molecular weight is 294 g/mol. The molecule has 0 fully saturated rings. The van der Waals surface area contributed by atoms with E-state index in [1.54, 1.807) is 23.5 Å². The Morgan fingerprint density at radius 2 is 1.95 bits per heavy atom. The molecule has 3 aromatic rings. The molecule has 0 amide bonds. The first-order valence-electron chi connectivity index (χ1n) is 7.42. The zero-order chi connectivity index (χ0) is 15.2. The minimum Gasteiger partial charge on any atom is -0.493 e. The quantitative estimate of drug-likeness (QED) is 0.516. The topological polar surface area (TPSA) is 52.3 Å². The van der Waals surface area contributed by atoms with Gasteiger partial charge in [-0.15, -0.1) is 10.2 Å². The van der Waals surface area contributed by atoms with Gasteiger partial charge in [-0.1, -0.05) is 43.7 Å². The summed E-state index contributed by atoms with van der Waals surface area (Å²) in [6.07, 6.45) is 7.05. The van der Waals surface area contributed by atoms with Crippen molar-refractivity contribution in [3.63, 3.8) is 0 Å². The Labute approximate surface area is 129 Å². The summed E-state index contributed by atoms with van der Waals surface area (Å²) in [6, 6.07) is 12.3. The molecule has 0 saturated heterocycles. The van der Waals surface area contributed by atoms with Crippen molar-refractivity contribution in [2.24, 2.45) is 5.10 Å². The average Bonchev–Trinajstić information content (AvgIpc) is 3.07. The summed E-state index contributed by atoms with van der Waals surface area (Å²) >= 11 is 0. The fraction of sp³-hybridized carbons (Fsp3) is 0.235. The fourth-order valence-corrected chi connectivity index (χ4v) is 2.24. The zero-order valence-electron chi connectivity index (χ0n) is 12.5. The van der Waals surface area contributed by atoms with E-state index in [9.17, 15) is 0 Å². The van der Waals surface area contributed by atoms with Crippen molar-refractivity contribution in [1.29, 1.82) is 0 Å². The van der Waals surface area contributed by atoms with Crippen molar-refractivity contribution in [3.05, 3.63) is 54.6 Å². The molecule has 0 aliphatic rings. The van der Waals surface area contributed by atoms with Crippen LogP contribution in [0.4, 0.5) is 0 Å².